The fraction of sp³-hybridized carbons (Fsp3) is 0.294. The topological polar surface area (TPSA) is 9.23 Å². The molecule has 0 aliphatic heterocycles. The van der Waals surface area contributed by atoms with Crippen LogP contribution in [-0.2, 0) is 0 Å². The molecule has 0 aliphatic rings. The lowest BCUT2D eigenvalue weighted by molar-refractivity contribution is 0.294. The zero-order chi connectivity index (χ0) is 13.7. The van der Waals surface area contributed by atoms with Crippen molar-refractivity contribution < 1.29 is 4.74 Å². The van der Waals surface area contributed by atoms with E-state index in [0.29, 0.717) is 12.5 Å². The lowest BCUT2D eigenvalue weighted by atomic mass is 10.0. The van der Waals surface area contributed by atoms with Gasteiger partial charge in [-0.3, -0.25) is 0 Å². The number of ether oxygens (including phenoxy) is 1. The minimum atomic E-state index is 0.323. The monoisotopic (exact) mass is 272 g/mol. The van der Waals surface area contributed by atoms with Crippen molar-refractivity contribution in [1.82, 2.24) is 0 Å². The molecule has 2 heteroatoms. The molecule has 0 N–H and O–H groups in total. The van der Waals surface area contributed by atoms with Crippen LogP contribution in [0, 0.1) is 13.8 Å². The van der Waals surface area contributed by atoms with E-state index in [1.54, 1.807) is 0 Å². The molecule has 1 unspecified atom stereocenters. The Hall–Kier alpha value is -1.41. The second-order valence-electron chi connectivity index (χ2n) is 4.82. The first-order chi connectivity index (χ1) is 9.22. The average Bonchev–Trinajstić information content (AvgIpc) is 2.43. The maximum Gasteiger partial charge on any atom is 0.125 e. The molecule has 0 fully saturated rings. The fourth-order valence-electron chi connectivity index (χ4n) is 2.19. The number of hydrogen-bond acceptors (Lipinski definition) is 2. The molecule has 0 aromatic heterocycles. The number of para-hydroxylation sites is 1. The maximum atomic E-state index is 6.03. The van der Waals surface area contributed by atoms with Crippen molar-refractivity contribution in [3.8, 4) is 5.75 Å². The van der Waals surface area contributed by atoms with Gasteiger partial charge in [-0.1, -0.05) is 48.5 Å². The van der Waals surface area contributed by atoms with E-state index in [0.717, 1.165) is 11.5 Å². The number of hydrogen-bond donors (Lipinski definition) is 1. The summed E-state index contributed by atoms with van der Waals surface area (Å²) >= 11 is 4.45. The Kier molecular flexibility index (Phi) is 4.92. The van der Waals surface area contributed by atoms with E-state index in [2.05, 4.69) is 68.9 Å². The van der Waals surface area contributed by atoms with Crippen LogP contribution in [0.4, 0.5) is 0 Å². The van der Waals surface area contributed by atoms with Gasteiger partial charge in [0.25, 0.3) is 0 Å². The molecular formula is C17H20OS. The lowest BCUT2D eigenvalue weighted by Gasteiger charge is -2.18. The van der Waals surface area contributed by atoms with Crippen LogP contribution >= 0.6 is 12.6 Å². The van der Waals surface area contributed by atoms with Gasteiger partial charge in [0.2, 0.25) is 0 Å². The third-order valence-electron chi connectivity index (χ3n) is 3.33. The summed E-state index contributed by atoms with van der Waals surface area (Å²) in [5.74, 6) is 2.11. The largest absolute Gasteiger partial charge is 0.492 e. The van der Waals surface area contributed by atoms with Gasteiger partial charge in [-0.2, -0.15) is 12.6 Å². The molecule has 2 aromatic rings. The number of thiol groups is 1. The van der Waals surface area contributed by atoms with Gasteiger partial charge < -0.3 is 4.74 Å². The first kappa shape index (κ1) is 14.0. The van der Waals surface area contributed by atoms with Gasteiger partial charge in [-0.25, -0.2) is 0 Å². The molecule has 0 amide bonds. The highest BCUT2D eigenvalue weighted by Gasteiger charge is 2.12. The number of aryl methyl sites for hydroxylation is 2. The first-order valence-electron chi connectivity index (χ1n) is 6.57. The van der Waals surface area contributed by atoms with Crippen LogP contribution in [0.5, 0.6) is 5.75 Å². The van der Waals surface area contributed by atoms with Crippen LogP contribution in [0.15, 0.2) is 48.5 Å². The molecular weight excluding hydrogens is 252 g/mol. The lowest BCUT2D eigenvalue weighted by Crippen LogP contribution is -2.13. The molecule has 0 spiro atoms. The van der Waals surface area contributed by atoms with Crippen molar-refractivity contribution in [3.63, 3.8) is 0 Å². The smallest absolute Gasteiger partial charge is 0.125 e. The minimum Gasteiger partial charge on any atom is -0.492 e. The van der Waals surface area contributed by atoms with E-state index in [1.807, 2.05) is 6.07 Å². The standard InChI is InChI=1S/C17H20OS/c1-13-7-6-8-14(2)17(13)18-11-16(12-19)15-9-4-3-5-10-15/h3-10,16,19H,11-12H2,1-2H3. The Morgan fingerprint density at radius 2 is 1.58 bits per heavy atom. The average molecular weight is 272 g/mol. The van der Waals surface area contributed by atoms with Crippen LogP contribution in [0.2, 0.25) is 0 Å². The van der Waals surface area contributed by atoms with E-state index in [1.165, 1.54) is 16.7 Å². The van der Waals surface area contributed by atoms with Gasteiger partial charge in [-0.15, -0.1) is 0 Å². The van der Waals surface area contributed by atoms with Gasteiger partial charge in [-0.05, 0) is 30.5 Å². The van der Waals surface area contributed by atoms with Gasteiger partial charge in [0.15, 0.2) is 0 Å². The van der Waals surface area contributed by atoms with E-state index in [9.17, 15) is 0 Å². The van der Waals surface area contributed by atoms with Crippen molar-refractivity contribution in [2.45, 2.75) is 19.8 Å². The van der Waals surface area contributed by atoms with Crippen LogP contribution < -0.4 is 4.74 Å². The highest BCUT2D eigenvalue weighted by atomic mass is 32.1. The summed E-state index contributed by atoms with van der Waals surface area (Å²) in [6.07, 6.45) is 0. The predicted octanol–water partition coefficient (Wildman–Crippen LogP) is 4.40. The highest BCUT2D eigenvalue weighted by molar-refractivity contribution is 7.80. The molecule has 19 heavy (non-hydrogen) atoms. The van der Waals surface area contributed by atoms with Crippen molar-refractivity contribution in [2.24, 2.45) is 0 Å². The molecule has 0 aliphatic carbocycles. The molecule has 2 rings (SSSR count). The Balaban J connectivity index is 2.09. The van der Waals surface area contributed by atoms with Crippen molar-refractivity contribution >= 4 is 12.6 Å². The van der Waals surface area contributed by atoms with Crippen LogP contribution in [0.25, 0.3) is 0 Å². The highest BCUT2D eigenvalue weighted by Crippen LogP contribution is 2.25. The molecule has 0 saturated carbocycles. The van der Waals surface area contributed by atoms with Gasteiger partial charge in [0, 0.05) is 11.7 Å². The molecule has 0 radical (unpaired) electrons. The van der Waals surface area contributed by atoms with E-state index in [-0.39, 0.29) is 0 Å². The van der Waals surface area contributed by atoms with Crippen molar-refractivity contribution in [3.05, 3.63) is 65.2 Å². The summed E-state index contributed by atoms with van der Waals surface area (Å²) < 4.78 is 6.03. The molecule has 0 bridgehead atoms. The Labute approximate surface area is 121 Å². The summed E-state index contributed by atoms with van der Waals surface area (Å²) in [7, 11) is 0. The summed E-state index contributed by atoms with van der Waals surface area (Å²) in [5, 5.41) is 0. The van der Waals surface area contributed by atoms with Crippen molar-refractivity contribution in [2.75, 3.05) is 12.4 Å². The van der Waals surface area contributed by atoms with Crippen LogP contribution in [0.1, 0.15) is 22.6 Å². The molecule has 1 atom stereocenters. The molecule has 100 valence electrons. The molecule has 2 aromatic carbocycles. The first-order valence-corrected chi connectivity index (χ1v) is 7.20. The van der Waals surface area contributed by atoms with Gasteiger partial charge in [0.05, 0.1) is 6.61 Å². The summed E-state index contributed by atoms with van der Waals surface area (Å²) in [5.41, 5.74) is 3.65. The van der Waals surface area contributed by atoms with E-state index in [4.69, 9.17) is 4.74 Å². The van der Waals surface area contributed by atoms with E-state index >= 15 is 0 Å². The third kappa shape index (κ3) is 3.54. The fourth-order valence-corrected chi connectivity index (χ4v) is 2.51. The summed E-state index contributed by atoms with van der Waals surface area (Å²) in [6, 6.07) is 16.6. The maximum absolute atomic E-state index is 6.03. The van der Waals surface area contributed by atoms with Crippen molar-refractivity contribution in [1.29, 1.82) is 0 Å². The molecule has 0 saturated heterocycles. The van der Waals surface area contributed by atoms with Gasteiger partial charge >= 0.3 is 0 Å². The second-order valence-corrected chi connectivity index (χ2v) is 5.19. The Bertz CT molecular complexity index is 502. The second kappa shape index (κ2) is 6.67. The normalized spacial score (nSPS) is 12.2. The zero-order valence-electron chi connectivity index (χ0n) is 11.5. The third-order valence-corrected chi connectivity index (χ3v) is 3.77. The van der Waals surface area contributed by atoms with Gasteiger partial charge in [0.1, 0.15) is 5.75 Å². The molecule has 0 heterocycles. The van der Waals surface area contributed by atoms with E-state index < -0.39 is 0 Å². The Morgan fingerprint density at radius 1 is 0.947 bits per heavy atom. The quantitative estimate of drug-likeness (QED) is 0.794. The predicted molar refractivity (Wildman–Crippen MR) is 84.4 cm³/mol. The minimum absolute atomic E-state index is 0.323. The molecule has 1 nitrogen and oxygen atoms in total. The summed E-state index contributed by atoms with van der Waals surface area (Å²) in [6.45, 7) is 4.83. The number of benzene rings is 2. The van der Waals surface area contributed by atoms with Crippen LogP contribution in [-0.4, -0.2) is 12.4 Å². The summed E-state index contributed by atoms with van der Waals surface area (Å²) in [4.78, 5) is 0. The number of rotatable bonds is 5. The SMILES string of the molecule is Cc1cccc(C)c1OCC(CS)c1ccccc1. The zero-order valence-corrected chi connectivity index (χ0v) is 12.4. The van der Waals surface area contributed by atoms with Crippen LogP contribution in [0.3, 0.4) is 0 Å². The Morgan fingerprint density at radius 3 is 2.16 bits per heavy atom.